The van der Waals surface area contributed by atoms with Crippen LogP contribution in [-0.2, 0) is 6.18 Å². The Bertz CT molecular complexity index is 667. The monoisotopic (exact) mass is 386 g/mol. The summed E-state index contributed by atoms with van der Waals surface area (Å²) in [5, 5.41) is 14.3. The molecule has 2 aliphatic heterocycles. The zero-order valence-corrected chi connectivity index (χ0v) is 15.3. The first-order chi connectivity index (χ1) is 12.7. The Kier molecular flexibility index (Phi) is 5.90. The quantitative estimate of drug-likeness (QED) is 0.633. The summed E-state index contributed by atoms with van der Waals surface area (Å²) in [7, 11) is 2.13. The minimum Gasteiger partial charge on any atom is -0.377 e. The molecule has 27 heavy (non-hydrogen) atoms. The minimum atomic E-state index is -4.59. The van der Waals surface area contributed by atoms with Crippen LogP contribution in [0.25, 0.3) is 0 Å². The fraction of sp³-hybridized carbons (Fsp3) is 0.667. The molecule has 1 aromatic carbocycles. The summed E-state index contributed by atoms with van der Waals surface area (Å²) in [6, 6.07) is 3.29. The van der Waals surface area contributed by atoms with Crippen molar-refractivity contribution in [1.29, 1.82) is 0 Å². The van der Waals surface area contributed by atoms with E-state index in [4.69, 9.17) is 0 Å². The third-order valence-corrected chi connectivity index (χ3v) is 5.62. The molecule has 0 bridgehead atoms. The highest BCUT2D eigenvalue weighted by Crippen LogP contribution is 2.35. The van der Waals surface area contributed by atoms with Crippen LogP contribution in [0.5, 0.6) is 0 Å². The number of hydrogen-bond acceptors (Lipinski definition) is 5. The molecule has 2 aliphatic rings. The molecule has 2 fully saturated rings. The van der Waals surface area contributed by atoms with Crippen molar-refractivity contribution in [3.63, 3.8) is 0 Å². The summed E-state index contributed by atoms with van der Waals surface area (Å²) in [5.41, 5.74) is -1.37. The summed E-state index contributed by atoms with van der Waals surface area (Å²) in [5.74, 6) is 0. The van der Waals surface area contributed by atoms with Crippen LogP contribution in [0.4, 0.5) is 24.5 Å². The number of anilines is 1. The Balaban J connectivity index is 1.61. The highest BCUT2D eigenvalue weighted by Gasteiger charge is 2.34. The van der Waals surface area contributed by atoms with Gasteiger partial charge in [0.2, 0.25) is 0 Å². The van der Waals surface area contributed by atoms with Gasteiger partial charge in [0.15, 0.2) is 0 Å². The summed E-state index contributed by atoms with van der Waals surface area (Å²) < 4.78 is 38.4. The number of nitrogens with one attached hydrogen (secondary N) is 1. The summed E-state index contributed by atoms with van der Waals surface area (Å²) >= 11 is 0. The van der Waals surface area contributed by atoms with Gasteiger partial charge in [-0.2, -0.15) is 13.2 Å². The van der Waals surface area contributed by atoms with Crippen molar-refractivity contribution < 1.29 is 18.1 Å². The molecule has 1 N–H and O–H groups in total. The van der Waals surface area contributed by atoms with E-state index in [2.05, 4.69) is 22.2 Å². The molecule has 2 saturated heterocycles. The molecule has 0 saturated carbocycles. The lowest BCUT2D eigenvalue weighted by Crippen LogP contribution is -2.48. The molecular formula is C18H25F3N4O2. The van der Waals surface area contributed by atoms with Gasteiger partial charge in [-0.25, -0.2) is 0 Å². The van der Waals surface area contributed by atoms with Crippen molar-refractivity contribution in [1.82, 2.24) is 9.80 Å². The van der Waals surface area contributed by atoms with Gasteiger partial charge >= 0.3 is 6.18 Å². The van der Waals surface area contributed by atoms with E-state index in [0.29, 0.717) is 12.1 Å². The van der Waals surface area contributed by atoms with Crippen LogP contribution in [0.3, 0.4) is 0 Å². The number of nitrogens with zero attached hydrogens (tertiary/aromatic N) is 3. The third-order valence-electron chi connectivity index (χ3n) is 5.62. The van der Waals surface area contributed by atoms with Gasteiger partial charge in [-0.05, 0) is 58.0 Å². The second-order valence-electron chi connectivity index (χ2n) is 7.48. The molecule has 0 amide bonds. The number of alkyl halides is 3. The molecule has 150 valence electrons. The fourth-order valence-electron chi connectivity index (χ4n) is 3.97. The van der Waals surface area contributed by atoms with Gasteiger partial charge in [0.1, 0.15) is 5.69 Å². The minimum absolute atomic E-state index is 0.0305. The Morgan fingerprint density at radius 1 is 1.11 bits per heavy atom. The maximum atomic E-state index is 12.8. The first-order valence-electron chi connectivity index (χ1n) is 9.29. The number of likely N-dealkylation sites (tertiary alicyclic amines) is 2. The van der Waals surface area contributed by atoms with E-state index in [1.54, 1.807) is 0 Å². The van der Waals surface area contributed by atoms with E-state index in [0.717, 1.165) is 57.9 Å². The predicted molar refractivity (Wildman–Crippen MR) is 96.8 cm³/mol. The zero-order chi connectivity index (χ0) is 19.6. The van der Waals surface area contributed by atoms with Crippen LogP contribution >= 0.6 is 0 Å². The van der Waals surface area contributed by atoms with Crippen molar-refractivity contribution in [2.75, 3.05) is 38.5 Å². The average molecular weight is 386 g/mol. The van der Waals surface area contributed by atoms with Gasteiger partial charge in [-0.3, -0.25) is 10.1 Å². The van der Waals surface area contributed by atoms with Gasteiger partial charge in [0, 0.05) is 31.2 Å². The smallest absolute Gasteiger partial charge is 0.377 e. The normalized spacial score (nSPS) is 21.3. The van der Waals surface area contributed by atoms with Crippen molar-refractivity contribution in [2.24, 2.45) is 0 Å². The lowest BCUT2D eigenvalue weighted by molar-refractivity contribution is -0.384. The van der Waals surface area contributed by atoms with Crippen LogP contribution in [0.15, 0.2) is 18.2 Å². The molecule has 9 heteroatoms. The maximum absolute atomic E-state index is 12.8. The Hall–Kier alpha value is -1.87. The molecule has 0 aliphatic carbocycles. The largest absolute Gasteiger partial charge is 0.416 e. The number of nitro benzene ring substituents is 1. The van der Waals surface area contributed by atoms with Crippen LogP contribution in [0, 0.1) is 10.1 Å². The van der Waals surface area contributed by atoms with Crippen molar-refractivity contribution >= 4 is 11.4 Å². The molecule has 6 nitrogen and oxygen atoms in total. The fourth-order valence-corrected chi connectivity index (χ4v) is 3.97. The molecular weight excluding hydrogens is 361 g/mol. The number of piperidine rings is 2. The van der Waals surface area contributed by atoms with E-state index in [1.165, 1.54) is 6.07 Å². The van der Waals surface area contributed by atoms with E-state index >= 15 is 0 Å². The predicted octanol–water partition coefficient (Wildman–Crippen LogP) is 3.58. The van der Waals surface area contributed by atoms with Crippen LogP contribution in [0.1, 0.15) is 31.2 Å². The highest BCUT2D eigenvalue weighted by atomic mass is 19.4. The van der Waals surface area contributed by atoms with Gasteiger partial charge in [-0.1, -0.05) is 0 Å². The molecule has 0 spiro atoms. The van der Waals surface area contributed by atoms with E-state index in [9.17, 15) is 23.3 Å². The SMILES string of the molecule is CN1CCC(N2CCC(Nc3ccc(C(F)(F)F)cc3[N+](=O)[O-])CC2)CC1. The molecule has 3 rings (SSSR count). The first-order valence-corrected chi connectivity index (χ1v) is 9.29. The summed E-state index contributed by atoms with van der Waals surface area (Å²) in [6.45, 7) is 4.00. The third kappa shape index (κ3) is 4.90. The van der Waals surface area contributed by atoms with Crippen molar-refractivity contribution in [3.8, 4) is 0 Å². The highest BCUT2D eigenvalue weighted by molar-refractivity contribution is 5.63. The van der Waals surface area contributed by atoms with Crippen molar-refractivity contribution in [2.45, 2.75) is 43.9 Å². The average Bonchev–Trinajstić information content (AvgIpc) is 2.62. The molecule has 0 aromatic heterocycles. The number of benzene rings is 1. The lowest BCUT2D eigenvalue weighted by atomic mass is 9.97. The van der Waals surface area contributed by atoms with Gasteiger partial charge in [-0.15, -0.1) is 0 Å². The van der Waals surface area contributed by atoms with Crippen LogP contribution in [0.2, 0.25) is 0 Å². The Labute approximate surface area is 156 Å². The Morgan fingerprint density at radius 2 is 1.74 bits per heavy atom. The number of halogens is 3. The zero-order valence-electron chi connectivity index (χ0n) is 15.3. The standard InChI is InChI=1S/C18H25F3N4O2/c1-23-8-6-15(7-9-23)24-10-4-14(5-11-24)22-16-3-2-13(18(19,20)21)12-17(16)25(26)27/h2-3,12,14-15,22H,4-11H2,1H3. The lowest BCUT2D eigenvalue weighted by Gasteiger charge is -2.41. The number of nitro groups is 1. The second kappa shape index (κ2) is 8.02. The van der Waals surface area contributed by atoms with Crippen LogP contribution in [-0.4, -0.2) is 60.0 Å². The van der Waals surface area contributed by atoms with E-state index < -0.39 is 22.4 Å². The maximum Gasteiger partial charge on any atom is 0.416 e. The first kappa shape index (κ1) is 19.9. The molecule has 0 unspecified atom stereocenters. The van der Waals surface area contributed by atoms with Gasteiger partial charge in [0.05, 0.1) is 10.5 Å². The molecule has 0 radical (unpaired) electrons. The molecule has 1 aromatic rings. The van der Waals surface area contributed by atoms with E-state index in [1.807, 2.05) is 0 Å². The number of rotatable bonds is 4. The van der Waals surface area contributed by atoms with Gasteiger partial charge < -0.3 is 15.1 Å². The summed E-state index contributed by atoms with van der Waals surface area (Å²) in [6.07, 6.45) is -0.643. The van der Waals surface area contributed by atoms with Crippen molar-refractivity contribution in [3.05, 3.63) is 33.9 Å². The second-order valence-corrected chi connectivity index (χ2v) is 7.48. The molecule has 0 atom stereocenters. The topological polar surface area (TPSA) is 61.6 Å². The van der Waals surface area contributed by atoms with Gasteiger partial charge in [0.25, 0.3) is 5.69 Å². The van der Waals surface area contributed by atoms with E-state index in [-0.39, 0.29) is 11.7 Å². The Morgan fingerprint density at radius 3 is 2.30 bits per heavy atom. The summed E-state index contributed by atoms with van der Waals surface area (Å²) in [4.78, 5) is 15.3. The molecule has 2 heterocycles. The number of hydrogen-bond donors (Lipinski definition) is 1. The van der Waals surface area contributed by atoms with Crippen LogP contribution < -0.4 is 5.32 Å².